The van der Waals surface area contributed by atoms with Crippen molar-refractivity contribution < 1.29 is 24.5 Å². The number of aromatic nitrogens is 2. The number of carbonyl (C=O) groups is 2. The predicted octanol–water partition coefficient (Wildman–Crippen LogP) is 1.21. The topological polar surface area (TPSA) is 236 Å². The maximum Gasteiger partial charge on any atom is 0.280 e. The minimum atomic E-state index is -0.682. The first-order chi connectivity index (χ1) is 20.7. The fraction of sp³-hybridized carbons (Fsp3) is 0.321. The Bertz CT molecular complexity index is 1410. The van der Waals surface area contributed by atoms with Crippen molar-refractivity contribution in [2.45, 2.75) is 31.8 Å². The molecule has 3 aromatic rings. The third-order valence-corrected chi connectivity index (χ3v) is 6.39. The Morgan fingerprint density at radius 1 is 1.09 bits per heavy atom. The van der Waals surface area contributed by atoms with E-state index in [9.17, 15) is 19.8 Å². The van der Waals surface area contributed by atoms with Crippen LogP contribution in [-0.2, 0) is 17.6 Å². The summed E-state index contributed by atoms with van der Waals surface area (Å²) < 4.78 is 5.76. The van der Waals surface area contributed by atoms with E-state index in [1.165, 1.54) is 6.07 Å². The van der Waals surface area contributed by atoms with Crippen molar-refractivity contribution in [3.8, 4) is 11.5 Å². The number of rotatable bonds is 16. The first-order valence-corrected chi connectivity index (χ1v) is 13.9. The summed E-state index contributed by atoms with van der Waals surface area (Å²) in [5, 5.41) is 28.0. The summed E-state index contributed by atoms with van der Waals surface area (Å²) in [6, 6.07) is 12.7. The Kier molecular flexibility index (Phi) is 12.8. The molecule has 14 nitrogen and oxygen atoms in total. The van der Waals surface area contributed by atoms with E-state index in [1.54, 1.807) is 12.1 Å². The lowest BCUT2D eigenvalue weighted by Crippen LogP contribution is -2.38. The number of phenols is 1. The number of aryl methyl sites for hydroxylation is 1. The lowest BCUT2D eigenvalue weighted by Gasteiger charge is -2.13. The molecule has 15 heteroatoms. The highest BCUT2D eigenvalue weighted by Crippen LogP contribution is 2.24. The number of guanidine groups is 1. The van der Waals surface area contributed by atoms with Gasteiger partial charge in [0.05, 0.1) is 11.8 Å². The van der Waals surface area contributed by atoms with Crippen LogP contribution in [0, 0.1) is 0 Å². The number of aliphatic hydroxyl groups excluding tert-OH is 1. The average Bonchev–Trinajstić information content (AvgIpc) is 2.96. The second-order valence-corrected chi connectivity index (χ2v) is 9.84. The molecule has 0 radical (unpaired) electrons. The van der Waals surface area contributed by atoms with E-state index >= 15 is 0 Å². The molecule has 1 heterocycles. The predicted molar refractivity (Wildman–Crippen MR) is 165 cm³/mol. The maximum absolute atomic E-state index is 12.3. The van der Waals surface area contributed by atoms with Crippen LogP contribution in [0.3, 0.4) is 0 Å². The number of anilines is 3. The number of ether oxygens (including phenoxy) is 1. The van der Waals surface area contributed by atoms with E-state index in [0.29, 0.717) is 44.8 Å². The minimum absolute atomic E-state index is 0.0493. The smallest absolute Gasteiger partial charge is 0.280 e. The number of hydrogen-bond donors (Lipinski definition) is 8. The number of unbranched alkanes of at least 4 members (excludes halogenated alkanes) is 1. The van der Waals surface area contributed by atoms with E-state index in [0.717, 1.165) is 36.1 Å². The molecule has 0 saturated carbocycles. The van der Waals surface area contributed by atoms with Gasteiger partial charge in [-0.1, -0.05) is 29.8 Å². The van der Waals surface area contributed by atoms with Crippen LogP contribution in [0.25, 0.3) is 0 Å². The molecule has 0 bridgehead atoms. The van der Waals surface area contributed by atoms with E-state index in [1.807, 2.05) is 24.3 Å². The second kappa shape index (κ2) is 16.7. The fourth-order valence-corrected chi connectivity index (χ4v) is 4.09. The molecule has 3 rings (SSSR count). The molecular formula is C28H36ClN9O5. The van der Waals surface area contributed by atoms with Crippen LogP contribution in [-0.4, -0.2) is 70.8 Å². The number of amides is 2. The number of nitrogens with two attached hydrogens (primary N) is 3. The van der Waals surface area contributed by atoms with Crippen molar-refractivity contribution in [1.82, 2.24) is 20.6 Å². The van der Waals surface area contributed by atoms with Gasteiger partial charge >= 0.3 is 0 Å². The summed E-state index contributed by atoms with van der Waals surface area (Å²) in [5.74, 6) is -0.291. The largest absolute Gasteiger partial charge is 0.506 e. The monoisotopic (exact) mass is 613 g/mol. The van der Waals surface area contributed by atoms with Gasteiger partial charge in [-0.3, -0.25) is 19.9 Å². The van der Waals surface area contributed by atoms with Crippen molar-refractivity contribution in [1.29, 1.82) is 0 Å². The van der Waals surface area contributed by atoms with Crippen LogP contribution >= 0.6 is 11.6 Å². The van der Waals surface area contributed by atoms with Gasteiger partial charge in [0.15, 0.2) is 28.4 Å². The molecule has 0 saturated heterocycles. The number of aliphatic imine (C=N–C) groups is 1. The quantitative estimate of drug-likeness (QED) is 0.0375. The normalized spacial score (nSPS) is 12.0. The van der Waals surface area contributed by atoms with E-state index in [-0.39, 0.29) is 34.2 Å². The molecule has 1 atom stereocenters. The van der Waals surface area contributed by atoms with E-state index in [2.05, 4.69) is 30.9 Å². The van der Waals surface area contributed by atoms with Crippen LogP contribution in [0.5, 0.6) is 11.5 Å². The summed E-state index contributed by atoms with van der Waals surface area (Å²) in [6.45, 7) is 1.76. The number of nitrogen functional groups attached to an aromatic ring is 2. The summed E-state index contributed by atoms with van der Waals surface area (Å²) in [6.07, 6.45) is 2.66. The van der Waals surface area contributed by atoms with E-state index in [4.69, 9.17) is 33.5 Å². The Morgan fingerprint density at radius 3 is 2.56 bits per heavy atom. The number of hydrogen-bond acceptors (Lipinski definition) is 11. The number of phenolic OH excluding ortho intramolecular Hbond substituents is 1. The minimum Gasteiger partial charge on any atom is -0.506 e. The number of aromatic hydroxyl groups is 1. The molecular weight excluding hydrogens is 578 g/mol. The molecule has 2 amide bonds. The van der Waals surface area contributed by atoms with E-state index < -0.39 is 12.0 Å². The number of benzene rings is 2. The van der Waals surface area contributed by atoms with Crippen LogP contribution in [0.2, 0.25) is 5.15 Å². The zero-order chi connectivity index (χ0) is 31.2. The molecule has 0 fully saturated rings. The molecule has 0 aliphatic carbocycles. The average molecular weight is 614 g/mol. The standard InChI is InChI=1S/C28H36ClN9O5/c29-24-26(31)37-25(30)23(36-24)27(42)38-28(32)34-10-2-1-3-17-4-7-20(8-5-17)43-12-11-33-15-19(40)13-18-6-9-21(35-16-39)22(41)14-18/h4-9,14,16,19,33,40-41H,1-3,10-13,15H2,(H,35,39)(H4,30,31,37)(H3,32,34,38,42)/t19-/m1/s1. The Morgan fingerprint density at radius 2 is 1.84 bits per heavy atom. The van der Waals surface area contributed by atoms with Gasteiger partial charge in [-0.15, -0.1) is 0 Å². The highest BCUT2D eigenvalue weighted by atomic mass is 35.5. The van der Waals surface area contributed by atoms with Crippen molar-refractivity contribution >= 4 is 47.2 Å². The molecule has 0 aliphatic heterocycles. The van der Waals surface area contributed by atoms with Gasteiger partial charge in [0.1, 0.15) is 18.1 Å². The molecule has 2 aromatic carbocycles. The van der Waals surface area contributed by atoms with Crippen LogP contribution in [0.4, 0.5) is 17.3 Å². The van der Waals surface area contributed by atoms with Gasteiger partial charge in [0.25, 0.3) is 5.91 Å². The summed E-state index contributed by atoms with van der Waals surface area (Å²) >= 11 is 5.80. The van der Waals surface area contributed by atoms with Gasteiger partial charge in [-0.05, 0) is 61.1 Å². The molecule has 0 aliphatic rings. The number of halogens is 1. The van der Waals surface area contributed by atoms with Gasteiger partial charge in [-0.2, -0.15) is 0 Å². The number of carbonyl (C=O) groups excluding carboxylic acids is 2. The Labute approximate surface area is 253 Å². The number of aliphatic hydroxyl groups is 1. The van der Waals surface area contributed by atoms with Crippen LogP contribution < -0.4 is 37.9 Å². The Balaban J connectivity index is 1.28. The van der Waals surface area contributed by atoms with Crippen molar-refractivity contribution in [2.75, 3.05) is 43.0 Å². The second-order valence-electron chi connectivity index (χ2n) is 9.48. The summed E-state index contributed by atoms with van der Waals surface area (Å²) in [7, 11) is 0. The van der Waals surface area contributed by atoms with Crippen molar-refractivity contribution in [2.24, 2.45) is 10.7 Å². The number of nitrogens with one attached hydrogen (secondary N) is 3. The highest BCUT2D eigenvalue weighted by molar-refractivity contribution is 6.31. The molecule has 230 valence electrons. The van der Waals surface area contributed by atoms with Gasteiger partial charge in [-0.25, -0.2) is 9.97 Å². The first-order valence-electron chi connectivity index (χ1n) is 13.5. The third-order valence-electron chi connectivity index (χ3n) is 6.12. The number of nitrogens with zero attached hydrogens (tertiary/aromatic N) is 3. The fourth-order valence-electron chi connectivity index (χ4n) is 3.96. The van der Waals surface area contributed by atoms with Crippen LogP contribution in [0.15, 0.2) is 47.5 Å². The van der Waals surface area contributed by atoms with Crippen molar-refractivity contribution in [3.05, 3.63) is 64.4 Å². The van der Waals surface area contributed by atoms with Gasteiger partial charge in [0, 0.05) is 19.6 Å². The Hall–Kier alpha value is -4.66. The maximum atomic E-state index is 12.3. The summed E-state index contributed by atoms with van der Waals surface area (Å²) in [4.78, 5) is 34.5. The van der Waals surface area contributed by atoms with Gasteiger partial charge < -0.3 is 42.8 Å². The first kappa shape index (κ1) is 32.8. The van der Waals surface area contributed by atoms with Crippen molar-refractivity contribution in [3.63, 3.8) is 0 Å². The highest BCUT2D eigenvalue weighted by Gasteiger charge is 2.16. The molecule has 0 spiro atoms. The lowest BCUT2D eigenvalue weighted by atomic mass is 10.1. The van der Waals surface area contributed by atoms with Crippen LogP contribution in [0.1, 0.15) is 34.5 Å². The zero-order valence-corrected chi connectivity index (χ0v) is 24.2. The molecule has 11 N–H and O–H groups in total. The molecule has 43 heavy (non-hydrogen) atoms. The zero-order valence-electron chi connectivity index (χ0n) is 23.4. The molecule has 1 aromatic heterocycles. The summed E-state index contributed by atoms with van der Waals surface area (Å²) in [5.41, 5.74) is 19.0. The third kappa shape index (κ3) is 10.9. The lowest BCUT2D eigenvalue weighted by molar-refractivity contribution is -0.105. The van der Waals surface area contributed by atoms with Gasteiger partial charge in [0.2, 0.25) is 6.41 Å². The SMILES string of the molecule is NC(=NCCCCc1ccc(OCCNC[C@H](O)Cc2ccc(NC=O)c(O)c2)cc1)NC(=O)c1nc(Cl)c(N)nc1N. The molecule has 0 unspecified atom stereocenters.